The predicted molar refractivity (Wildman–Crippen MR) is 81.2 cm³/mol. The van der Waals surface area contributed by atoms with Crippen LogP contribution >= 0.6 is 15.9 Å². The lowest BCUT2D eigenvalue weighted by atomic mass is 10.1. The minimum atomic E-state index is -0.242. The number of rotatable bonds is 3. The Balaban J connectivity index is 2.40. The number of nitrogens with zero attached hydrogens (tertiary/aromatic N) is 1. The molecule has 0 unspecified atom stereocenters. The Morgan fingerprint density at radius 1 is 1.16 bits per heavy atom. The first-order valence-electron chi connectivity index (χ1n) is 6.04. The van der Waals surface area contributed by atoms with Gasteiger partial charge in [-0.1, -0.05) is 18.2 Å². The summed E-state index contributed by atoms with van der Waals surface area (Å²) in [5.74, 6) is -0.242. The van der Waals surface area contributed by atoms with E-state index in [1.807, 2.05) is 43.1 Å². The quantitative estimate of drug-likeness (QED) is 0.908. The lowest BCUT2D eigenvalue weighted by Gasteiger charge is -2.22. The van der Waals surface area contributed by atoms with Crippen LogP contribution in [0.1, 0.15) is 18.5 Å². The first kappa shape index (κ1) is 14.0. The van der Waals surface area contributed by atoms with Gasteiger partial charge in [0.05, 0.1) is 11.4 Å². The number of benzene rings is 2. The molecule has 0 aliphatic heterocycles. The van der Waals surface area contributed by atoms with Gasteiger partial charge in [-0.3, -0.25) is 0 Å². The van der Waals surface area contributed by atoms with Gasteiger partial charge in [-0.2, -0.15) is 0 Å². The van der Waals surface area contributed by atoms with Crippen LogP contribution in [-0.4, -0.2) is 7.05 Å². The molecule has 0 fully saturated rings. The van der Waals surface area contributed by atoms with Crippen molar-refractivity contribution >= 4 is 27.3 Å². The monoisotopic (exact) mass is 322 g/mol. The van der Waals surface area contributed by atoms with E-state index in [4.69, 9.17) is 5.73 Å². The summed E-state index contributed by atoms with van der Waals surface area (Å²) in [6, 6.07) is 12.6. The molecule has 4 heteroatoms. The minimum Gasteiger partial charge on any atom is -0.341 e. The molecule has 0 amide bonds. The minimum absolute atomic E-state index is 0.0240. The Morgan fingerprint density at radius 2 is 1.84 bits per heavy atom. The molecular weight excluding hydrogens is 307 g/mol. The van der Waals surface area contributed by atoms with Gasteiger partial charge in [0.2, 0.25) is 0 Å². The fraction of sp³-hybridized carbons (Fsp3) is 0.200. The van der Waals surface area contributed by atoms with Crippen LogP contribution in [0.3, 0.4) is 0 Å². The van der Waals surface area contributed by atoms with E-state index in [2.05, 4.69) is 15.9 Å². The molecule has 0 spiro atoms. The van der Waals surface area contributed by atoms with Crippen LogP contribution in [-0.2, 0) is 0 Å². The lowest BCUT2D eigenvalue weighted by molar-refractivity contribution is 0.627. The highest BCUT2D eigenvalue weighted by atomic mass is 79.9. The van der Waals surface area contributed by atoms with E-state index in [-0.39, 0.29) is 11.9 Å². The fourth-order valence-electron chi connectivity index (χ4n) is 1.93. The van der Waals surface area contributed by atoms with E-state index in [1.165, 1.54) is 6.07 Å². The molecule has 1 atom stereocenters. The van der Waals surface area contributed by atoms with Gasteiger partial charge in [-0.25, -0.2) is 4.39 Å². The summed E-state index contributed by atoms with van der Waals surface area (Å²) in [6.45, 7) is 1.93. The molecule has 0 saturated carbocycles. The van der Waals surface area contributed by atoms with Gasteiger partial charge in [-0.05, 0) is 52.7 Å². The second-order valence-corrected chi connectivity index (χ2v) is 5.36. The molecule has 19 heavy (non-hydrogen) atoms. The summed E-state index contributed by atoms with van der Waals surface area (Å²) in [5.41, 5.74) is 8.33. The molecule has 0 aromatic heterocycles. The summed E-state index contributed by atoms with van der Waals surface area (Å²) in [4.78, 5) is 1.81. The Labute approximate surface area is 121 Å². The number of para-hydroxylation sites is 1. The van der Waals surface area contributed by atoms with E-state index in [0.717, 1.165) is 15.7 Å². The Bertz CT molecular complexity index is 584. The van der Waals surface area contributed by atoms with Crippen molar-refractivity contribution in [2.75, 3.05) is 11.9 Å². The fourth-order valence-corrected chi connectivity index (χ4v) is 2.59. The predicted octanol–water partition coefficient (Wildman–Crippen LogP) is 4.38. The third kappa shape index (κ3) is 2.96. The van der Waals surface area contributed by atoms with E-state index >= 15 is 0 Å². The van der Waals surface area contributed by atoms with Crippen molar-refractivity contribution in [3.63, 3.8) is 0 Å². The summed E-state index contributed by atoms with van der Waals surface area (Å²) >= 11 is 3.52. The van der Waals surface area contributed by atoms with Crippen molar-refractivity contribution in [3.05, 3.63) is 58.3 Å². The normalized spacial score (nSPS) is 12.3. The highest BCUT2D eigenvalue weighted by molar-refractivity contribution is 9.10. The van der Waals surface area contributed by atoms with Crippen molar-refractivity contribution in [3.8, 4) is 0 Å². The SMILES string of the molecule is C[C@@H](N)c1ccc(N(C)c2ccccc2F)c(Br)c1. The average Bonchev–Trinajstić information content (AvgIpc) is 2.38. The van der Waals surface area contributed by atoms with Crippen molar-refractivity contribution in [1.29, 1.82) is 0 Å². The van der Waals surface area contributed by atoms with E-state index in [1.54, 1.807) is 12.1 Å². The van der Waals surface area contributed by atoms with Gasteiger partial charge in [-0.15, -0.1) is 0 Å². The standard InChI is InChI=1S/C15H16BrFN2/c1-10(18)11-7-8-14(12(16)9-11)19(2)15-6-4-3-5-13(15)17/h3-10H,18H2,1-2H3/t10-/m1/s1. The smallest absolute Gasteiger partial charge is 0.146 e. The van der Waals surface area contributed by atoms with Crippen LogP contribution in [0.15, 0.2) is 46.9 Å². The number of halogens is 2. The van der Waals surface area contributed by atoms with E-state index < -0.39 is 0 Å². The van der Waals surface area contributed by atoms with Gasteiger partial charge in [0, 0.05) is 17.6 Å². The third-order valence-electron chi connectivity index (χ3n) is 3.07. The van der Waals surface area contributed by atoms with Crippen LogP contribution in [0.2, 0.25) is 0 Å². The zero-order valence-electron chi connectivity index (χ0n) is 10.9. The van der Waals surface area contributed by atoms with Crippen LogP contribution in [0.5, 0.6) is 0 Å². The van der Waals surface area contributed by atoms with Crippen LogP contribution in [0.25, 0.3) is 0 Å². The van der Waals surface area contributed by atoms with Crippen LogP contribution in [0.4, 0.5) is 15.8 Å². The molecule has 0 bridgehead atoms. The molecule has 2 rings (SSSR count). The van der Waals surface area contributed by atoms with Crippen molar-refractivity contribution in [2.24, 2.45) is 5.73 Å². The molecule has 0 aliphatic rings. The molecular formula is C15H16BrFN2. The number of hydrogen-bond donors (Lipinski definition) is 1. The first-order chi connectivity index (χ1) is 9.00. The van der Waals surface area contributed by atoms with Gasteiger partial charge in [0.15, 0.2) is 0 Å². The average molecular weight is 323 g/mol. The largest absolute Gasteiger partial charge is 0.341 e. The number of anilines is 2. The summed E-state index contributed by atoms with van der Waals surface area (Å²) < 4.78 is 14.7. The summed E-state index contributed by atoms with van der Waals surface area (Å²) in [6.07, 6.45) is 0. The Morgan fingerprint density at radius 3 is 2.42 bits per heavy atom. The highest BCUT2D eigenvalue weighted by Crippen LogP contribution is 2.33. The lowest BCUT2D eigenvalue weighted by Crippen LogP contribution is -2.12. The molecule has 0 saturated heterocycles. The molecule has 2 N–H and O–H groups in total. The molecule has 2 aromatic carbocycles. The molecule has 2 nitrogen and oxygen atoms in total. The second kappa shape index (κ2) is 5.72. The summed E-state index contributed by atoms with van der Waals surface area (Å²) in [5, 5.41) is 0. The summed E-state index contributed by atoms with van der Waals surface area (Å²) in [7, 11) is 1.84. The van der Waals surface area contributed by atoms with Crippen molar-refractivity contribution in [1.82, 2.24) is 0 Å². The molecule has 0 heterocycles. The topological polar surface area (TPSA) is 29.3 Å². The maximum atomic E-state index is 13.8. The maximum absolute atomic E-state index is 13.8. The molecule has 100 valence electrons. The van der Waals surface area contributed by atoms with Crippen LogP contribution in [0, 0.1) is 5.82 Å². The van der Waals surface area contributed by atoms with E-state index in [0.29, 0.717) is 5.69 Å². The van der Waals surface area contributed by atoms with Gasteiger partial charge in [0.1, 0.15) is 5.82 Å². The van der Waals surface area contributed by atoms with Gasteiger partial charge < -0.3 is 10.6 Å². The third-order valence-corrected chi connectivity index (χ3v) is 3.71. The van der Waals surface area contributed by atoms with Crippen LogP contribution < -0.4 is 10.6 Å². The number of nitrogens with two attached hydrogens (primary N) is 1. The number of hydrogen-bond acceptors (Lipinski definition) is 2. The zero-order valence-corrected chi connectivity index (χ0v) is 12.5. The van der Waals surface area contributed by atoms with Gasteiger partial charge in [0.25, 0.3) is 0 Å². The van der Waals surface area contributed by atoms with Crippen molar-refractivity contribution < 1.29 is 4.39 Å². The van der Waals surface area contributed by atoms with E-state index in [9.17, 15) is 4.39 Å². The highest BCUT2D eigenvalue weighted by Gasteiger charge is 2.12. The molecule has 0 radical (unpaired) electrons. The Kier molecular flexibility index (Phi) is 4.22. The second-order valence-electron chi connectivity index (χ2n) is 4.51. The van der Waals surface area contributed by atoms with Crippen molar-refractivity contribution in [2.45, 2.75) is 13.0 Å². The Hall–Kier alpha value is -1.39. The molecule has 0 aliphatic carbocycles. The zero-order chi connectivity index (χ0) is 14.0. The maximum Gasteiger partial charge on any atom is 0.146 e. The molecule has 2 aromatic rings. The first-order valence-corrected chi connectivity index (χ1v) is 6.83. The van der Waals surface area contributed by atoms with Gasteiger partial charge >= 0.3 is 0 Å².